The molecule has 100 valence electrons. The van der Waals surface area contributed by atoms with Gasteiger partial charge >= 0.3 is 0 Å². The van der Waals surface area contributed by atoms with Crippen LogP contribution in [0.3, 0.4) is 0 Å². The largest absolute Gasteiger partial charge is 0.341 e. The second-order valence-electron chi connectivity index (χ2n) is 4.80. The summed E-state index contributed by atoms with van der Waals surface area (Å²) in [5.41, 5.74) is 0. The normalized spacial score (nSPS) is 17.4. The van der Waals surface area contributed by atoms with Crippen LogP contribution < -0.4 is 5.32 Å². The minimum atomic E-state index is 0.301. The van der Waals surface area contributed by atoms with E-state index in [0.717, 1.165) is 38.9 Å². The zero-order chi connectivity index (χ0) is 13.0. The lowest BCUT2D eigenvalue weighted by Crippen LogP contribution is -2.39. The van der Waals surface area contributed by atoms with Gasteiger partial charge in [0.2, 0.25) is 5.91 Å². The monoisotopic (exact) mass is 267 g/mol. The molecule has 0 radical (unpaired) electrons. The van der Waals surface area contributed by atoms with Gasteiger partial charge in [0, 0.05) is 43.2 Å². The molecule has 0 bridgehead atoms. The van der Waals surface area contributed by atoms with Crippen molar-refractivity contribution >= 4 is 17.2 Å². The molecule has 1 saturated heterocycles. The fourth-order valence-corrected chi connectivity index (χ4v) is 2.97. The number of nitrogens with zero attached hydrogens (tertiary/aromatic N) is 2. The van der Waals surface area contributed by atoms with Gasteiger partial charge in [0.15, 0.2) is 0 Å². The second-order valence-corrected chi connectivity index (χ2v) is 6.00. The lowest BCUT2D eigenvalue weighted by molar-refractivity contribution is -0.127. The van der Waals surface area contributed by atoms with Crippen molar-refractivity contribution in [1.82, 2.24) is 15.2 Å². The second kappa shape index (κ2) is 6.29. The third kappa shape index (κ3) is 3.53. The summed E-state index contributed by atoms with van der Waals surface area (Å²) in [5, 5.41) is 4.65. The van der Waals surface area contributed by atoms with Gasteiger partial charge in [0.05, 0.1) is 5.01 Å². The van der Waals surface area contributed by atoms with Gasteiger partial charge in [-0.2, -0.15) is 0 Å². The van der Waals surface area contributed by atoms with Crippen LogP contribution in [-0.4, -0.2) is 34.9 Å². The molecular formula is C13H21N3OS. The molecular weight excluding hydrogens is 246 g/mol. The SMILES string of the molecule is CCc1ncc(CNC(C)CN2CCCC2=O)s1. The van der Waals surface area contributed by atoms with Crippen molar-refractivity contribution < 1.29 is 4.79 Å². The van der Waals surface area contributed by atoms with E-state index in [-0.39, 0.29) is 0 Å². The topological polar surface area (TPSA) is 45.2 Å². The molecule has 1 atom stereocenters. The maximum Gasteiger partial charge on any atom is 0.222 e. The summed E-state index contributed by atoms with van der Waals surface area (Å²) in [6, 6.07) is 0.333. The van der Waals surface area contributed by atoms with E-state index in [4.69, 9.17) is 0 Å². The summed E-state index contributed by atoms with van der Waals surface area (Å²) in [5.74, 6) is 0.301. The van der Waals surface area contributed by atoms with Crippen LogP contribution in [0.5, 0.6) is 0 Å². The quantitative estimate of drug-likeness (QED) is 0.855. The van der Waals surface area contributed by atoms with Gasteiger partial charge in [0.1, 0.15) is 0 Å². The number of aromatic nitrogens is 1. The Balaban J connectivity index is 1.74. The standard InChI is InChI=1S/C13H21N3OS/c1-3-12-15-8-11(18-12)7-14-10(2)9-16-6-4-5-13(16)17/h8,10,14H,3-7,9H2,1-2H3. The third-order valence-corrected chi connectivity index (χ3v) is 4.34. The Bertz CT molecular complexity index is 405. The number of hydrogen-bond donors (Lipinski definition) is 1. The van der Waals surface area contributed by atoms with Crippen LogP contribution in [0.15, 0.2) is 6.20 Å². The summed E-state index contributed by atoms with van der Waals surface area (Å²) in [7, 11) is 0. The highest BCUT2D eigenvalue weighted by atomic mass is 32.1. The Hall–Kier alpha value is -0.940. The first-order chi connectivity index (χ1) is 8.69. The lowest BCUT2D eigenvalue weighted by Gasteiger charge is -2.21. The van der Waals surface area contributed by atoms with E-state index in [1.807, 2.05) is 11.1 Å². The molecule has 1 unspecified atom stereocenters. The molecule has 0 aliphatic carbocycles. The molecule has 4 nitrogen and oxygen atoms in total. The molecule has 0 aromatic carbocycles. The summed E-state index contributed by atoms with van der Waals surface area (Å²) < 4.78 is 0. The maximum atomic E-state index is 11.5. The molecule has 2 heterocycles. The molecule has 1 aromatic rings. The summed E-state index contributed by atoms with van der Waals surface area (Å²) in [4.78, 5) is 19.1. The first-order valence-electron chi connectivity index (χ1n) is 6.63. The van der Waals surface area contributed by atoms with Crippen molar-refractivity contribution in [2.45, 2.75) is 45.7 Å². The highest BCUT2D eigenvalue weighted by Crippen LogP contribution is 2.14. The number of likely N-dealkylation sites (tertiary alicyclic amines) is 1. The van der Waals surface area contributed by atoms with Crippen molar-refractivity contribution in [3.05, 3.63) is 16.1 Å². The van der Waals surface area contributed by atoms with Crippen LogP contribution in [-0.2, 0) is 17.8 Å². The zero-order valence-electron chi connectivity index (χ0n) is 11.1. The molecule has 1 N–H and O–H groups in total. The van der Waals surface area contributed by atoms with Crippen LogP contribution in [0.2, 0.25) is 0 Å². The highest BCUT2D eigenvalue weighted by Gasteiger charge is 2.21. The number of thiazole rings is 1. The lowest BCUT2D eigenvalue weighted by atomic mass is 10.3. The van der Waals surface area contributed by atoms with E-state index in [1.54, 1.807) is 11.3 Å². The predicted molar refractivity (Wildman–Crippen MR) is 73.6 cm³/mol. The van der Waals surface area contributed by atoms with E-state index < -0.39 is 0 Å². The first-order valence-corrected chi connectivity index (χ1v) is 7.45. The van der Waals surface area contributed by atoms with Crippen LogP contribution in [0.25, 0.3) is 0 Å². The number of hydrogen-bond acceptors (Lipinski definition) is 4. The first kappa shape index (κ1) is 13.5. The number of nitrogens with one attached hydrogen (secondary N) is 1. The van der Waals surface area contributed by atoms with E-state index in [9.17, 15) is 4.79 Å². The van der Waals surface area contributed by atoms with Crippen LogP contribution >= 0.6 is 11.3 Å². The Labute approximate surface area is 112 Å². The van der Waals surface area contributed by atoms with Gasteiger partial charge in [-0.25, -0.2) is 4.98 Å². The van der Waals surface area contributed by atoms with E-state index in [1.165, 1.54) is 9.88 Å². The number of aryl methyl sites for hydroxylation is 1. The molecule has 0 spiro atoms. The third-order valence-electron chi connectivity index (χ3n) is 3.19. The van der Waals surface area contributed by atoms with Crippen LogP contribution in [0, 0.1) is 0 Å². The Morgan fingerprint density at radius 1 is 1.61 bits per heavy atom. The molecule has 1 aromatic heterocycles. The van der Waals surface area contributed by atoms with Gasteiger partial charge in [0.25, 0.3) is 0 Å². The average Bonchev–Trinajstić information content (AvgIpc) is 2.97. The predicted octanol–water partition coefficient (Wildman–Crippen LogP) is 1.81. The fraction of sp³-hybridized carbons (Fsp3) is 0.692. The Morgan fingerprint density at radius 3 is 3.06 bits per heavy atom. The smallest absolute Gasteiger partial charge is 0.222 e. The summed E-state index contributed by atoms with van der Waals surface area (Å²) in [6.45, 7) is 6.84. The van der Waals surface area contributed by atoms with Crippen molar-refractivity contribution in [3.63, 3.8) is 0 Å². The summed E-state index contributed by atoms with van der Waals surface area (Å²) in [6.07, 6.45) is 4.69. The number of rotatable bonds is 6. The molecule has 1 amide bonds. The Morgan fingerprint density at radius 2 is 2.44 bits per heavy atom. The van der Waals surface area contributed by atoms with Gasteiger partial charge in [-0.15, -0.1) is 11.3 Å². The molecule has 5 heteroatoms. The minimum absolute atomic E-state index is 0.301. The van der Waals surface area contributed by atoms with E-state index >= 15 is 0 Å². The zero-order valence-corrected chi connectivity index (χ0v) is 11.9. The van der Waals surface area contributed by atoms with Gasteiger partial charge in [-0.05, 0) is 19.8 Å². The van der Waals surface area contributed by atoms with Gasteiger partial charge in [-0.1, -0.05) is 6.92 Å². The van der Waals surface area contributed by atoms with Gasteiger partial charge in [-0.3, -0.25) is 4.79 Å². The average molecular weight is 267 g/mol. The van der Waals surface area contributed by atoms with Crippen molar-refractivity contribution in [3.8, 4) is 0 Å². The summed E-state index contributed by atoms with van der Waals surface area (Å²) >= 11 is 1.76. The molecule has 1 aliphatic rings. The van der Waals surface area contributed by atoms with Crippen LogP contribution in [0.1, 0.15) is 36.6 Å². The molecule has 18 heavy (non-hydrogen) atoms. The fourth-order valence-electron chi connectivity index (χ4n) is 2.16. The molecule has 2 rings (SSSR count). The van der Waals surface area contributed by atoms with Crippen molar-refractivity contribution in [2.75, 3.05) is 13.1 Å². The molecule has 1 aliphatic heterocycles. The minimum Gasteiger partial charge on any atom is -0.341 e. The Kier molecular flexibility index (Phi) is 4.72. The van der Waals surface area contributed by atoms with E-state index in [0.29, 0.717) is 11.9 Å². The maximum absolute atomic E-state index is 11.5. The van der Waals surface area contributed by atoms with Crippen molar-refractivity contribution in [2.24, 2.45) is 0 Å². The van der Waals surface area contributed by atoms with Gasteiger partial charge < -0.3 is 10.2 Å². The van der Waals surface area contributed by atoms with Crippen LogP contribution in [0.4, 0.5) is 0 Å². The number of amides is 1. The van der Waals surface area contributed by atoms with E-state index in [2.05, 4.69) is 24.1 Å². The van der Waals surface area contributed by atoms with Crippen molar-refractivity contribution in [1.29, 1.82) is 0 Å². The number of carbonyl (C=O) groups is 1. The molecule has 0 saturated carbocycles. The number of carbonyl (C=O) groups excluding carboxylic acids is 1. The molecule has 1 fully saturated rings. The highest BCUT2D eigenvalue weighted by molar-refractivity contribution is 7.11.